The maximum atomic E-state index is 13.3. The van der Waals surface area contributed by atoms with Crippen molar-refractivity contribution in [2.24, 2.45) is 7.05 Å². The third-order valence-corrected chi connectivity index (χ3v) is 5.31. The van der Waals surface area contributed by atoms with Crippen molar-refractivity contribution in [3.05, 3.63) is 59.4 Å². The summed E-state index contributed by atoms with van der Waals surface area (Å²) < 4.78 is 7.09. The van der Waals surface area contributed by atoms with E-state index in [1.165, 1.54) is 11.1 Å². The summed E-state index contributed by atoms with van der Waals surface area (Å²) >= 11 is 0. The van der Waals surface area contributed by atoms with Gasteiger partial charge in [-0.25, -0.2) is 0 Å². The van der Waals surface area contributed by atoms with Crippen molar-refractivity contribution in [1.82, 2.24) is 19.8 Å². The normalized spacial score (nSPS) is 18.7. The highest BCUT2D eigenvalue weighted by Gasteiger charge is 2.41. The summed E-state index contributed by atoms with van der Waals surface area (Å²) in [5.41, 5.74) is 3.68. The molecule has 1 amide bonds. The van der Waals surface area contributed by atoms with E-state index in [9.17, 15) is 4.79 Å². The Balaban J connectivity index is 1.46. The lowest BCUT2D eigenvalue weighted by Gasteiger charge is -2.29. The van der Waals surface area contributed by atoms with Gasteiger partial charge in [-0.1, -0.05) is 29.4 Å². The van der Waals surface area contributed by atoms with E-state index < -0.39 is 0 Å². The molecule has 2 aromatic heterocycles. The van der Waals surface area contributed by atoms with Gasteiger partial charge < -0.3 is 9.42 Å². The molecule has 6 nitrogen and oxygen atoms in total. The largest absolute Gasteiger partial charge is 0.354 e. The molecule has 2 heterocycles. The zero-order valence-electron chi connectivity index (χ0n) is 14.6. The second-order valence-electron chi connectivity index (χ2n) is 7.15. The predicted octanol–water partition coefficient (Wildman–Crippen LogP) is 3.37. The minimum Gasteiger partial charge on any atom is -0.354 e. The van der Waals surface area contributed by atoms with Crippen LogP contribution >= 0.6 is 0 Å². The molecule has 5 rings (SSSR count). The van der Waals surface area contributed by atoms with Crippen LogP contribution in [0.4, 0.5) is 0 Å². The topological polar surface area (TPSA) is 64.2 Å². The maximum absolute atomic E-state index is 13.3. The Bertz CT molecular complexity index is 970. The molecule has 0 saturated heterocycles. The molecule has 1 unspecified atom stereocenters. The van der Waals surface area contributed by atoms with Crippen molar-refractivity contribution in [3.63, 3.8) is 0 Å². The van der Waals surface area contributed by atoms with Gasteiger partial charge in [-0.05, 0) is 42.9 Å². The van der Waals surface area contributed by atoms with E-state index in [4.69, 9.17) is 4.52 Å². The van der Waals surface area contributed by atoms with Gasteiger partial charge in [-0.15, -0.1) is 0 Å². The molecule has 6 heteroatoms. The Morgan fingerprint density at radius 3 is 2.85 bits per heavy atom. The summed E-state index contributed by atoms with van der Waals surface area (Å²) in [7, 11) is 1.85. The summed E-state index contributed by atoms with van der Waals surface area (Å²) in [5.74, 6) is 0.483. The van der Waals surface area contributed by atoms with Gasteiger partial charge in [0.25, 0.3) is 5.91 Å². The summed E-state index contributed by atoms with van der Waals surface area (Å²) in [6.07, 6.45) is 5.97. The maximum Gasteiger partial charge on any atom is 0.276 e. The summed E-state index contributed by atoms with van der Waals surface area (Å²) in [6, 6.07) is 12.5. The number of carbonyl (C=O) groups is 1. The molecule has 2 aliphatic rings. The number of nitrogens with zero attached hydrogens (tertiary/aromatic N) is 4. The highest BCUT2D eigenvalue weighted by Crippen LogP contribution is 2.42. The minimum absolute atomic E-state index is 0.0415. The molecule has 0 aliphatic heterocycles. The second kappa shape index (κ2) is 5.83. The molecular weight excluding hydrogens is 328 g/mol. The van der Waals surface area contributed by atoms with Crippen molar-refractivity contribution >= 4 is 5.91 Å². The van der Waals surface area contributed by atoms with Crippen LogP contribution in [-0.2, 0) is 13.5 Å². The molecule has 0 N–H and O–H groups in total. The molecule has 1 atom stereocenters. The third kappa shape index (κ3) is 2.53. The SMILES string of the molecule is Cn1ccc(-c2cc(C(=O)N(C3CC3)C3CCc4ccccc43)no2)n1. The zero-order chi connectivity index (χ0) is 17.7. The van der Waals surface area contributed by atoms with Crippen LogP contribution in [0.5, 0.6) is 0 Å². The highest BCUT2D eigenvalue weighted by atomic mass is 16.5. The molecule has 0 spiro atoms. The molecule has 1 aromatic carbocycles. The molecule has 1 saturated carbocycles. The van der Waals surface area contributed by atoms with Gasteiger partial charge in [0.1, 0.15) is 5.69 Å². The fourth-order valence-electron chi connectivity index (χ4n) is 3.91. The van der Waals surface area contributed by atoms with Crippen LogP contribution in [0.2, 0.25) is 0 Å². The first kappa shape index (κ1) is 15.4. The van der Waals surface area contributed by atoms with Gasteiger partial charge in [0.05, 0.1) is 6.04 Å². The zero-order valence-corrected chi connectivity index (χ0v) is 14.6. The number of hydrogen-bond acceptors (Lipinski definition) is 4. The number of carbonyl (C=O) groups excluding carboxylic acids is 1. The van der Waals surface area contributed by atoms with Gasteiger partial charge in [0.15, 0.2) is 11.5 Å². The van der Waals surface area contributed by atoms with Crippen molar-refractivity contribution in [3.8, 4) is 11.5 Å². The standard InChI is InChI=1S/C20H20N4O2/c1-23-11-10-16(21-23)19-12-17(22-26-19)20(25)24(14-7-8-14)18-9-6-13-4-2-3-5-15(13)18/h2-5,10-12,14,18H,6-9H2,1H3. The van der Waals surface area contributed by atoms with Gasteiger partial charge >= 0.3 is 0 Å². The lowest BCUT2D eigenvalue weighted by molar-refractivity contribution is 0.0647. The number of hydrogen-bond donors (Lipinski definition) is 0. The van der Waals surface area contributed by atoms with Gasteiger partial charge in [0, 0.05) is 25.4 Å². The molecule has 26 heavy (non-hydrogen) atoms. The number of rotatable bonds is 4. The average molecular weight is 348 g/mol. The molecule has 3 aromatic rings. The molecule has 132 valence electrons. The van der Waals surface area contributed by atoms with E-state index in [0.29, 0.717) is 23.2 Å². The van der Waals surface area contributed by atoms with Crippen molar-refractivity contribution in [2.75, 3.05) is 0 Å². The van der Waals surface area contributed by atoms with Crippen molar-refractivity contribution < 1.29 is 9.32 Å². The smallest absolute Gasteiger partial charge is 0.276 e. The Labute approximate surface area is 151 Å². The fraction of sp³-hybridized carbons (Fsp3) is 0.350. The first-order valence-electron chi connectivity index (χ1n) is 9.08. The molecular formula is C20H20N4O2. The predicted molar refractivity (Wildman–Crippen MR) is 95.4 cm³/mol. The number of fused-ring (bicyclic) bond motifs is 1. The Morgan fingerprint density at radius 1 is 1.23 bits per heavy atom. The third-order valence-electron chi connectivity index (χ3n) is 5.31. The second-order valence-corrected chi connectivity index (χ2v) is 7.15. The fourth-order valence-corrected chi connectivity index (χ4v) is 3.91. The van der Waals surface area contributed by atoms with Crippen LogP contribution in [0.15, 0.2) is 47.1 Å². The molecule has 0 radical (unpaired) electrons. The summed E-state index contributed by atoms with van der Waals surface area (Å²) in [4.78, 5) is 15.3. The highest BCUT2D eigenvalue weighted by molar-refractivity contribution is 5.94. The number of amides is 1. The van der Waals surface area contributed by atoms with Gasteiger partial charge in [-0.2, -0.15) is 5.10 Å². The van der Waals surface area contributed by atoms with Gasteiger partial charge in [0.2, 0.25) is 0 Å². The quantitative estimate of drug-likeness (QED) is 0.725. The van der Waals surface area contributed by atoms with Crippen molar-refractivity contribution in [2.45, 2.75) is 37.8 Å². The molecule has 1 fully saturated rings. The van der Waals surface area contributed by atoms with Crippen LogP contribution in [0, 0.1) is 0 Å². The molecule has 2 aliphatic carbocycles. The average Bonchev–Trinajstić information content (AvgIpc) is 3.05. The van der Waals surface area contributed by atoms with E-state index in [-0.39, 0.29) is 11.9 Å². The Morgan fingerprint density at radius 2 is 2.08 bits per heavy atom. The number of benzene rings is 1. The van der Waals surface area contributed by atoms with Crippen LogP contribution in [0.25, 0.3) is 11.5 Å². The van der Waals surface area contributed by atoms with E-state index in [1.54, 1.807) is 10.7 Å². The van der Waals surface area contributed by atoms with Crippen LogP contribution in [0.1, 0.15) is 46.9 Å². The summed E-state index contributed by atoms with van der Waals surface area (Å²) in [5, 5.41) is 8.36. The van der Waals surface area contributed by atoms with E-state index in [2.05, 4.69) is 34.5 Å². The van der Waals surface area contributed by atoms with Crippen LogP contribution in [0.3, 0.4) is 0 Å². The Hall–Kier alpha value is -2.89. The summed E-state index contributed by atoms with van der Waals surface area (Å²) in [6.45, 7) is 0. The lowest BCUT2D eigenvalue weighted by Crippen LogP contribution is -2.36. The van der Waals surface area contributed by atoms with E-state index in [1.807, 2.05) is 24.2 Å². The van der Waals surface area contributed by atoms with Crippen LogP contribution in [-0.4, -0.2) is 31.8 Å². The monoisotopic (exact) mass is 348 g/mol. The first-order valence-corrected chi connectivity index (χ1v) is 9.08. The molecule has 0 bridgehead atoms. The Kier molecular flexibility index (Phi) is 3.45. The van der Waals surface area contributed by atoms with E-state index in [0.717, 1.165) is 25.7 Å². The van der Waals surface area contributed by atoms with Crippen molar-refractivity contribution in [1.29, 1.82) is 0 Å². The first-order chi connectivity index (χ1) is 12.7. The number of aryl methyl sites for hydroxylation is 2. The number of aromatic nitrogens is 3. The van der Waals surface area contributed by atoms with Crippen LogP contribution < -0.4 is 0 Å². The lowest BCUT2D eigenvalue weighted by atomic mass is 10.1. The minimum atomic E-state index is -0.0415. The van der Waals surface area contributed by atoms with E-state index >= 15 is 0 Å². The van der Waals surface area contributed by atoms with Gasteiger partial charge in [-0.3, -0.25) is 9.48 Å².